The number of nitrogens with one attached hydrogen (secondary N) is 2. The molecule has 0 spiro atoms. The van der Waals surface area contributed by atoms with Crippen molar-refractivity contribution in [3.63, 3.8) is 0 Å². The SMILES string of the molecule is CN(C)c1ccc(C2c3ccc(Nc4ccccc4)cc3-c3cc(Nc4ccccc4)ccc32)cc1. The quantitative estimate of drug-likeness (QED) is 0.257. The summed E-state index contributed by atoms with van der Waals surface area (Å²) in [5, 5.41) is 7.14. The van der Waals surface area contributed by atoms with E-state index in [-0.39, 0.29) is 5.92 Å². The summed E-state index contributed by atoms with van der Waals surface area (Å²) in [5.74, 6) is 0.211. The van der Waals surface area contributed by atoms with Crippen molar-refractivity contribution in [1.82, 2.24) is 0 Å². The average Bonchev–Trinajstić information content (AvgIpc) is 3.23. The number of hydrogen-bond donors (Lipinski definition) is 2. The Morgan fingerprint density at radius 1 is 0.500 bits per heavy atom. The molecule has 0 fully saturated rings. The first-order valence-electron chi connectivity index (χ1n) is 12.4. The molecular weight excluding hydrogens is 438 g/mol. The molecule has 3 heteroatoms. The lowest BCUT2D eigenvalue weighted by Crippen LogP contribution is -2.08. The minimum absolute atomic E-state index is 0.211. The fourth-order valence-electron chi connectivity index (χ4n) is 5.11. The smallest absolute Gasteiger partial charge is 0.0390 e. The largest absolute Gasteiger partial charge is 0.378 e. The van der Waals surface area contributed by atoms with Crippen LogP contribution in [-0.4, -0.2) is 14.1 Å². The molecule has 3 nitrogen and oxygen atoms in total. The highest BCUT2D eigenvalue weighted by Crippen LogP contribution is 2.50. The number of rotatable bonds is 6. The van der Waals surface area contributed by atoms with Gasteiger partial charge in [0.15, 0.2) is 0 Å². The zero-order valence-electron chi connectivity index (χ0n) is 20.6. The molecule has 0 aliphatic heterocycles. The van der Waals surface area contributed by atoms with Gasteiger partial charge in [-0.2, -0.15) is 0 Å². The molecule has 36 heavy (non-hydrogen) atoms. The predicted octanol–water partition coefficient (Wildman–Crippen LogP) is 8.40. The molecule has 0 unspecified atom stereocenters. The van der Waals surface area contributed by atoms with Gasteiger partial charge in [-0.1, -0.05) is 60.7 Å². The van der Waals surface area contributed by atoms with Crippen molar-refractivity contribution in [3.8, 4) is 11.1 Å². The standard InChI is InChI=1S/C33H29N3/c1-36(2)28-17-13-23(14-18-28)33-29-19-15-26(34-24-9-5-3-6-10-24)21-31(29)32-22-27(16-20-30(32)33)35-25-11-7-4-8-12-25/h3-22,33-35H,1-2H3. The fraction of sp³-hybridized carbons (Fsp3) is 0.0909. The minimum atomic E-state index is 0.211. The second-order valence-corrected chi connectivity index (χ2v) is 9.51. The fourth-order valence-corrected chi connectivity index (χ4v) is 5.11. The Kier molecular flexibility index (Phi) is 5.67. The number of fused-ring (bicyclic) bond motifs is 3. The predicted molar refractivity (Wildman–Crippen MR) is 153 cm³/mol. The molecule has 1 aliphatic carbocycles. The molecular formula is C33H29N3. The normalized spacial score (nSPS) is 12.1. The van der Waals surface area contributed by atoms with Gasteiger partial charge < -0.3 is 15.5 Å². The molecule has 0 amide bonds. The summed E-state index contributed by atoms with van der Waals surface area (Å²) in [4.78, 5) is 2.14. The maximum Gasteiger partial charge on any atom is 0.0390 e. The van der Waals surface area contributed by atoms with Crippen LogP contribution in [0.15, 0.2) is 121 Å². The van der Waals surface area contributed by atoms with E-state index < -0.39 is 0 Å². The van der Waals surface area contributed by atoms with Crippen molar-refractivity contribution in [3.05, 3.63) is 138 Å². The number of benzene rings is 5. The summed E-state index contributed by atoms with van der Waals surface area (Å²) >= 11 is 0. The Labute approximate surface area is 213 Å². The molecule has 1 aliphatic rings. The third-order valence-electron chi connectivity index (χ3n) is 6.89. The van der Waals surface area contributed by atoms with Crippen LogP contribution in [0.25, 0.3) is 11.1 Å². The molecule has 0 heterocycles. The van der Waals surface area contributed by atoms with Crippen molar-refractivity contribution in [2.45, 2.75) is 5.92 Å². The van der Waals surface area contributed by atoms with Crippen molar-refractivity contribution < 1.29 is 0 Å². The Morgan fingerprint density at radius 3 is 1.42 bits per heavy atom. The highest BCUT2D eigenvalue weighted by Gasteiger charge is 2.30. The first-order chi connectivity index (χ1) is 17.7. The van der Waals surface area contributed by atoms with E-state index >= 15 is 0 Å². The lowest BCUT2D eigenvalue weighted by atomic mass is 9.89. The molecule has 176 valence electrons. The van der Waals surface area contributed by atoms with Crippen LogP contribution in [0.3, 0.4) is 0 Å². The first kappa shape index (κ1) is 22.0. The molecule has 0 aromatic heterocycles. The Balaban J connectivity index is 1.43. The van der Waals surface area contributed by atoms with Crippen molar-refractivity contribution in [1.29, 1.82) is 0 Å². The van der Waals surface area contributed by atoms with Gasteiger partial charge in [-0.25, -0.2) is 0 Å². The zero-order valence-corrected chi connectivity index (χ0v) is 20.6. The number of nitrogens with zero attached hydrogens (tertiary/aromatic N) is 1. The highest BCUT2D eigenvalue weighted by molar-refractivity contribution is 5.86. The van der Waals surface area contributed by atoms with Crippen LogP contribution in [0.5, 0.6) is 0 Å². The van der Waals surface area contributed by atoms with E-state index in [1.807, 2.05) is 12.1 Å². The van der Waals surface area contributed by atoms with E-state index in [2.05, 4.69) is 139 Å². The molecule has 6 rings (SSSR count). The van der Waals surface area contributed by atoms with Crippen LogP contribution >= 0.6 is 0 Å². The van der Waals surface area contributed by atoms with Crippen molar-refractivity contribution in [2.75, 3.05) is 29.6 Å². The number of para-hydroxylation sites is 2. The van der Waals surface area contributed by atoms with Gasteiger partial charge in [0.25, 0.3) is 0 Å². The molecule has 0 saturated heterocycles. The van der Waals surface area contributed by atoms with Crippen LogP contribution in [-0.2, 0) is 0 Å². The summed E-state index contributed by atoms with van der Waals surface area (Å²) < 4.78 is 0. The third kappa shape index (κ3) is 4.20. The van der Waals surface area contributed by atoms with Gasteiger partial charge in [0.1, 0.15) is 0 Å². The lowest BCUT2D eigenvalue weighted by molar-refractivity contribution is 1.01. The molecule has 2 N–H and O–H groups in total. The van der Waals surface area contributed by atoms with E-state index in [0.29, 0.717) is 0 Å². The topological polar surface area (TPSA) is 27.3 Å². The molecule has 0 saturated carbocycles. The maximum atomic E-state index is 3.57. The van der Waals surface area contributed by atoms with Gasteiger partial charge >= 0.3 is 0 Å². The van der Waals surface area contributed by atoms with Crippen LogP contribution in [0.1, 0.15) is 22.6 Å². The minimum Gasteiger partial charge on any atom is -0.378 e. The summed E-state index contributed by atoms with van der Waals surface area (Å²) in [7, 11) is 4.16. The maximum absolute atomic E-state index is 3.57. The lowest BCUT2D eigenvalue weighted by Gasteiger charge is -2.18. The third-order valence-corrected chi connectivity index (χ3v) is 6.89. The molecule has 5 aromatic carbocycles. The van der Waals surface area contributed by atoms with E-state index in [1.165, 1.54) is 33.5 Å². The van der Waals surface area contributed by atoms with E-state index in [9.17, 15) is 0 Å². The summed E-state index contributed by atoms with van der Waals surface area (Å²) in [6.45, 7) is 0. The van der Waals surface area contributed by atoms with Crippen molar-refractivity contribution in [2.24, 2.45) is 0 Å². The van der Waals surface area contributed by atoms with Crippen molar-refractivity contribution >= 4 is 28.4 Å². The molecule has 0 radical (unpaired) electrons. The number of anilines is 5. The highest BCUT2D eigenvalue weighted by atomic mass is 15.1. The van der Waals surface area contributed by atoms with Crippen LogP contribution in [0.4, 0.5) is 28.4 Å². The van der Waals surface area contributed by atoms with Crippen LogP contribution < -0.4 is 15.5 Å². The summed E-state index contributed by atoms with van der Waals surface area (Å²) in [5.41, 5.74) is 12.1. The molecule has 0 atom stereocenters. The summed E-state index contributed by atoms with van der Waals surface area (Å²) in [6, 6.07) is 43.2. The second kappa shape index (κ2) is 9.27. The Bertz CT molecular complexity index is 1400. The molecule has 5 aromatic rings. The van der Waals surface area contributed by atoms with E-state index in [1.54, 1.807) is 0 Å². The zero-order chi connectivity index (χ0) is 24.5. The monoisotopic (exact) mass is 467 g/mol. The van der Waals surface area contributed by atoms with Gasteiger partial charge in [-0.3, -0.25) is 0 Å². The Morgan fingerprint density at radius 2 is 0.972 bits per heavy atom. The van der Waals surface area contributed by atoms with E-state index in [4.69, 9.17) is 0 Å². The average molecular weight is 468 g/mol. The van der Waals surface area contributed by atoms with Crippen LogP contribution in [0, 0.1) is 0 Å². The summed E-state index contributed by atoms with van der Waals surface area (Å²) in [6.07, 6.45) is 0. The van der Waals surface area contributed by atoms with Gasteiger partial charge in [-0.05, 0) is 88.5 Å². The van der Waals surface area contributed by atoms with Gasteiger partial charge in [0.05, 0.1) is 0 Å². The van der Waals surface area contributed by atoms with E-state index in [0.717, 1.165) is 22.7 Å². The first-order valence-corrected chi connectivity index (χ1v) is 12.4. The number of hydrogen-bond acceptors (Lipinski definition) is 3. The van der Waals surface area contributed by atoms with Gasteiger partial charge in [-0.15, -0.1) is 0 Å². The Hall–Kier alpha value is -4.50. The molecule has 0 bridgehead atoms. The van der Waals surface area contributed by atoms with Gasteiger partial charge in [0, 0.05) is 48.5 Å². The van der Waals surface area contributed by atoms with Gasteiger partial charge in [0.2, 0.25) is 0 Å². The second-order valence-electron chi connectivity index (χ2n) is 9.51. The van der Waals surface area contributed by atoms with Crippen LogP contribution in [0.2, 0.25) is 0 Å².